The zero-order valence-corrected chi connectivity index (χ0v) is 17.2. The Hall–Kier alpha value is -2.66. The molecular weight excluding hydrogens is 424 g/mol. The summed E-state index contributed by atoms with van der Waals surface area (Å²) < 4.78 is 77.8. The third kappa shape index (κ3) is 6.99. The highest BCUT2D eigenvalue weighted by molar-refractivity contribution is 7.88. The number of halogens is 4. The third-order valence-electron chi connectivity index (χ3n) is 4.20. The molecule has 0 radical (unpaired) electrons. The van der Waals surface area contributed by atoms with Crippen LogP contribution in [0.25, 0.3) is 0 Å². The smallest absolute Gasteiger partial charge is 0.352 e. The predicted octanol–water partition coefficient (Wildman–Crippen LogP) is 2.76. The Morgan fingerprint density at radius 3 is 2.17 bits per heavy atom. The maximum Gasteiger partial charge on any atom is 0.416 e. The standard InChI is InChI=1S/C19H22F4N4O2S/c1-24-18(27-11-15-7-8-16(20)9-17(15)19(21,22)23)26-10-13-3-5-14(6-4-13)12-30(28,29)25-2/h3-9,25H,10-12H2,1-2H3,(H2,24,26,27). The van der Waals surface area contributed by atoms with Gasteiger partial charge in [-0.25, -0.2) is 17.5 Å². The highest BCUT2D eigenvalue weighted by Crippen LogP contribution is 2.32. The van der Waals surface area contributed by atoms with E-state index in [-0.39, 0.29) is 23.8 Å². The molecule has 11 heteroatoms. The Bertz CT molecular complexity index is 991. The Morgan fingerprint density at radius 2 is 1.60 bits per heavy atom. The minimum atomic E-state index is -4.67. The van der Waals surface area contributed by atoms with Gasteiger partial charge in [-0.15, -0.1) is 0 Å². The van der Waals surface area contributed by atoms with Crippen LogP contribution in [-0.2, 0) is 35.0 Å². The zero-order valence-electron chi connectivity index (χ0n) is 16.3. The van der Waals surface area contributed by atoms with Crippen molar-refractivity contribution in [2.45, 2.75) is 25.0 Å². The summed E-state index contributed by atoms with van der Waals surface area (Å²) in [6.07, 6.45) is -4.67. The van der Waals surface area contributed by atoms with Crippen molar-refractivity contribution < 1.29 is 26.0 Å². The van der Waals surface area contributed by atoms with Gasteiger partial charge in [0.25, 0.3) is 0 Å². The molecule has 0 amide bonds. The molecule has 2 rings (SSSR count). The molecule has 0 heterocycles. The molecule has 164 valence electrons. The van der Waals surface area contributed by atoms with Crippen molar-refractivity contribution in [3.8, 4) is 0 Å². The molecule has 2 aromatic carbocycles. The fraction of sp³-hybridized carbons (Fsp3) is 0.316. The Balaban J connectivity index is 1.96. The zero-order chi connectivity index (χ0) is 22.4. The van der Waals surface area contributed by atoms with Crippen LogP contribution in [0.4, 0.5) is 17.6 Å². The van der Waals surface area contributed by atoms with E-state index in [9.17, 15) is 26.0 Å². The molecule has 0 aliphatic rings. The second-order valence-electron chi connectivity index (χ2n) is 6.36. The summed E-state index contributed by atoms with van der Waals surface area (Å²) in [5.41, 5.74) is 0.285. The molecule has 0 saturated heterocycles. The summed E-state index contributed by atoms with van der Waals surface area (Å²) >= 11 is 0. The number of benzene rings is 2. The number of nitrogens with one attached hydrogen (secondary N) is 3. The first-order valence-corrected chi connectivity index (χ1v) is 10.5. The average Bonchev–Trinajstić information content (AvgIpc) is 2.69. The Labute approximate surface area is 172 Å². The molecule has 0 saturated carbocycles. The van der Waals surface area contributed by atoms with E-state index in [0.29, 0.717) is 18.2 Å². The van der Waals surface area contributed by atoms with E-state index in [1.165, 1.54) is 14.1 Å². The van der Waals surface area contributed by atoms with Gasteiger partial charge >= 0.3 is 6.18 Å². The van der Waals surface area contributed by atoms with Crippen molar-refractivity contribution in [2.75, 3.05) is 14.1 Å². The van der Waals surface area contributed by atoms with E-state index in [1.54, 1.807) is 24.3 Å². The van der Waals surface area contributed by atoms with Crippen molar-refractivity contribution in [3.63, 3.8) is 0 Å². The first kappa shape index (κ1) is 23.6. The summed E-state index contributed by atoms with van der Waals surface area (Å²) in [4.78, 5) is 3.96. The molecule has 0 aliphatic carbocycles. The van der Waals surface area contributed by atoms with E-state index < -0.39 is 27.6 Å². The highest BCUT2D eigenvalue weighted by atomic mass is 32.2. The monoisotopic (exact) mass is 446 g/mol. The maximum atomic E-state index is 13.2. The number of guanidine groups is 1. The van der Waals surface area contributed by atoms with E-state index >= 15 is 0 Å². The molecule has 0 spiro atoms. The van der Waals surface area contributed by atoms with Gasteiger partial charge in [-0.2, -0.15) is 13.2 Å². The molecule has 0 atom stereocenters. The lowest BCUT2D eigenvalue weighted by atomic mass is 10.1. The Morgan fingerprint density at radius 1 is 1.00 bits per heavy atom. The predicted molar refractivity (Wildman–Crippen MR) is 107 cm³/mol. The topological polar surface area (TPSA) is 82.6 Å². The molecule has 0 unspecified atom stereocenters. The first-order valence-electron chi connectivity index (χ1n) is 8.83. The van der Waals surface area contributed by atoms with Crippen LogP contribution in [0.1, 0.15) is 22.3 Å². The molecule has 30 heavy (non-hydrogen) atoms. The van der Waals surface area contributed by atoms with Crippen LogP contribution in [0.5, 0.6) is 0 Å². The lowest BCUT2D eigenvalue weighted by Crippen LogP contribution is -2.36. The van der Waals surface area contributed by atoms with Gasteiger partial charge in [-0.3, -0.25) is 4.99 Å². The average molecular weight is 446 g/mol. The molecule has 2 aromatic rings. The lowest BCUT2D eigenvalue weighted by molar-refractivity contribution is -0.138. The van der Waals surface area contributed by atoms with E-state index in [4.69, 9.17) is 0 Å². The fourth-order valence-corrected chi connectivity index (χ4v) is 3.37. The number of aliphatic imine (C=N–C) groups is 1. The second-order valence-corrected chi connectivity index (χ2v) is 8.28. The van der Waals surface area contributed by atoms with Crippen molar-refractivity contribution in [3.05, 3.63) is 70.5 Å². The normalized spacial score (nSPS) is 12.7. The van der Waals surface area contributed by atoms with Gasteiger partial charge in [0.15, 0.2) is 5.96 Å². The quantitative estimate of drug-likeness (QED) is 0.347. The highest BCUT2D eigenvalue weighted by Gasteiger charge is 2.33. The van der Waals surface area contributed by atoms with Crippen molar-refractivity contribution >= 4 is 16.0 Å². The largest absolute Gasteiger partial charge is 0.416 e. The number of rotatable bonds is 7. The summed E-state index contributed by atoms with van der Waals surface area (Å²) in [5.74, 6) is -0.839. The summed E-state index contributed by atoms with van der Waals surface area (Å²) in [6, 6.07) is 9.34. The minimum absolute atomic E-state index is 0.109. The fourth-order valence-electron chi connectivity index (χ4n) is 2.60. The maximum absolute atomic E-state index is 13.2. The Kier molecular flexibility index (Phi) is 7.79. The van der Waals surface area contributed by atoms with Crippen LogP contribution in [0, 0.1) is 5.82 Å². The third-order valence-corrected chi connectivity index (χ3v) is 5.53. The molecule has 0 aromatic heterocycles. The number of hydrogen-bond acceptors (Lipinski definition) is 3. The van der Waals surface area contributed by atoms with Gasteiger partial charge in [0.05, 0.1) is 11.3 Å². The van der Waals surface area contributed by atoms with Crippen LogP contribution in [0.15, 0.2) is 47.5 Å². The van der Waals surface area contributed by atoms with E-state index in [0.717, 1.165) is 17.7 Å². The second kappa shape index (κ2) is 9.90. The van der Waals surface area contributed by atoms with Gasteiger partial charge in [0.1, 0.15) is 5.82 Å². The lowest BCUT2D eigenvalue weighted by Gasteiger charge is -2.16. The molecule has 3 N–H and O–H groups in total. The van der Waals surface area contributed by atoms with Crippen molar-refractivity contribution in [1.29, 1.82) is 0 Å². The number of nitrogens with zero attached hydrogens (tertiary/aromatic N) is 1. The summed E-state index contributed by atoms with van der Waals surface area (Å²) in [6.45, 7) is 0.115. The SMILES string of the molecule is CN=C(NCc1ccc(CS(=O)(=O)NC)cc1)NCc1ccc(F)cc1C(F)(F)F. The van der Waals surface area contributed by atoms with Gasteiger partial charge in [0.2, 0.25) is 10.0 Å². The van der Waals surface area contributed by atoms with Gasteiger partial charge in [0, 0.05) is 20.1 Å². The molecule has 0 fully saturated rings. The van der Waals surface area contributed by atoms with Gasteiger partial charge in [-0.1, -0.05) is 30.3 Å². The van der Waals surface area contributed by atoms with Crippen molar-refractivity contribution in [1.82, 2.24) is 15.4 Å². The first-order chi connectivity index (χ1) is 14.0. The van der Waals surface area contributed by atoms with E-state index in [2.05, 4.69) is 20.3 Å². The number of alkyl halides is 3. The van der Waals surface area contributed by atoms with E-state index in [1.807, 2.05) is 0 Å². The molecule has 0 bridgehead atoms. The van der Waals surface area contributed by atoms with Gasteiger partial charge < -0.3 is 10.6 Å². The van der Waals surface area contributed by atoms with Crippen LogP contribution >= 0.6 is 0 Å². The van der Waals surface area contributed by atoms with Gasteiger partial charge in [-0.05, 0) is 35.9 Å². The summed E-state index contributed by atoms with van der Waals surface area (Å²) in [7, 11) is -0.552. The van der Waals surface area contributed by atoms with Crippen LogP contribution < -0.4 is 15.4 Å². The molecular formula is C19H22F4N4O2S. The molecule has 0 aliphatic heterocycles. The number of hydrogen-bond donors (Lipinski definition) is 3. The summed E-state index contributed by atoms with van der Waals surface area (Å²) in [5, 5.41) is 5.72. The minimum Gasteiger partial charge on any atom is -0.352 e. The van der Waals surface area contributed by atoms with Crippen LogP contribution in [0.2, 0.25) is 0 Å². The van der Waals surface area contributed by atoms with Crippen LogP contribution in [-0.4, -0.2) is 28.5 Å². The molecule has 6 nitrogen and oxygen atoms in total. The number of sulfonamides is 1. The van der Waals surface area contributed by atoms with Crippen molar-refractivity contribution in [2.24, 2.45) is 4.99 Å². The van der Waals surface area contributed by atoms with Crippen LogP contribution in [0.3, 0.4) is 0 Å².